The van der Waals surface area contributed by atoms with E-state index in [2.05, 4.69) is 11.4 Å². The lowest BCUT2D eigenvalue weighted by Gasteiger charge is -2.22. The fourth-order valence-corrected chi connectivity index (χ4v) is 2.98. The highest BCUT2D eigenvalue weighted by atomic mass is 35.5. The number of hydrogen-bond acceptors (Lipinski definition) is 4. The first-order chi connectivity index (χ1) is 11.7. The number of nitrogens with one attached hydrogen (secondary N) is 1. The zero-order valence-corrected chi connectivity index (χ0v) is 15.3. The van der Waals surface area contributed by atoms with Crippen LogP contribution in [0.4, 0.5) is 5.69 Å². The van der Waals surface area contributed by atoms with Gasteiger partial charge in [0.05, 0.1) is 20.6 Å². The molecule has 3 rings (SSSR count). The lowest BCUT2D eigenvalue weighted by molar-refractivity contribution is -0.118. The van der Waals surface area contributed by atoms with E-state index in [1.807, 2.05) is 41.3 Å². The Kier molecular flexibility index (Phi) is 6.67. The minimum absolute atomic E-state index is 0. The summed E-state index contributed by atoms with van der Waals surface area (Å²) < 4.78 is 10.6. The number of nitrogens with zero attached hydrogens (tertiary/aromatic N) is 1. The molecule has 0 spiro atoms. The van der Waals surface area contributed by atoms with Crippen molar-refractivity contribution < 1.29 is 14.3 Å². The molecule has 0 radical (unpaired) electrons. The molecule has 1 heterocycles. The van der Waals surface area contributed by atoms with E-state index in [-0.39, 0.29) is 18.3 Å². The van der Waals surface area contributed by atoms with E-state index in [9.17, 15) is 4.79 Å². The maximum absolute atomic E-state index is 12.9. The summed E-state index contributed by atoms with van der Waals surface area (Å²) in [6.07, 6.45) is 0.328. The molecule has 0 aliphatic carbocycles. The third-order valence-electron chi connectivity index (χ3n) is 4.21. The van der Waals surface area contributed by atoms with E-state index in [0.29, 0.717) is 24.5 Å². The average molecular weight is 363 g/mol. The van der Waals surface area contributed by atoms with Crippen LogP contribution >= 0.6 is 12.4 Å². The van der Waals surface area contributed by atoms with E-state index < -0.39 is 0 Å². The molecule has 0 fully saturated rings. The number of carbonyl (C=O) groups excluding carboxylic acids is 1. The van der Waals surface area contributed by atoms with E-state index in [4.69, 9.17) is 9.47 Å². The molecular weight excluding hydrogens is 340 g/mol. The maximum atomic E-state index is 12.9. The number of carbonyl (C=O) groups is 1. The monoisotopic (exact) mass is 362 g/mol. The average Bonchev–Trinajstić information content (AvgIpc) is 2.84. The van der Waals surface area contributed by atoms with Crippen molar-refractivity contribution in [3.63, 3.8) is 0 Å². The van der Waals surface area contributed by atoms with Gasteiger partial charge in [-0.15, -0.1) is 12.4 Å². The van der Waals surface area contributed by atoms with Crippen molar-refractivity contribution >= 4 is 24.0 Å². The molecule has 1 aliphatic heterocycles. The second-order valence-corrected chi connectivity index (χ2v) is 5.72. The minimum atomic E-state index is 0. The van der Waals surface area contributed by atoms with Gasteiger partial charge in [-0.1, -0.05) is 24.3 Å². The van der Waals surface area contributed by atoms with Crippen molar-refractivity contribution in [2.45, 2.75) is 13.0 Å². The van der Waals surface area contributed by atoms with E-state index in [1.54, 1.807) is 14.2 Å². The maximum Gasteiger partial charge on any atom is 0.231 e. The molecule has 1 aliphatic rings. The molecule has 0 unspecified atom stereocenters. The Morgan fingerprint density at radius 3 is 2.64 bits per heavy atom. The SMILES string of the molecule is COc1ccc(CC(=O)N2CCNCc3ccccc32)cc1OC.Cl. The molecule has 25 heavy (non-hydrogen) atoms. The second-order valence-electron chi connectivity index (χ2n) is 5.72. The number of ether oxygens (including phenoxy) is 2. The van der Waals surface area contributed by atoms with Gasteiger partial charge in [-0.2, -0.15) is 0 Å². The van der Waals surface area contributed by atoms with Crippen LogP contribution in [0.1, 0.15) is 11.1 Å². The number of amides is 1. The predicted octanol–water partition coefficient (Wildman–Crippen LogP) is 2.80. The first kappa shape index (κ1) is 19.1. The normalized spacial score (nSPS) is 13.3. The van der Waals surface area contributed by atoms with Crippen LogP contribution in [0.25, 0.3) is 0 Å². The standard InChI is InChI=1S/C19H22N2O3.ClH/c1-23-17-8-7-14(11-18(17)24-2)12-19(22)21-10-9-20-13-15-5-3-4-6-16(15)21;/h3-8,11,20H,9-10,12-13H2,1-2H3;1H. The highest BCUT2D eigenvalue weighted by Gasteiger charge is 2.21. The zero-order chi connectivity index (χ0) is 16.9. The van der Waals surface area contributed by atoms with E-state index in [1.165, 1.54) is 0 Å². The molecule has 1 amide bonds. The fourth-order valence-electron chi connectivity index (χ4n) is 2.98. The van der Waals surface area contributed by atoms with Crippen molar-refractivity contribution in [3.05, 3.63) is 53.6 Å². The fraction of sp³-hybridized carbons (Fsp3) is 0.316. The molecule has 0 saturated heterocycles. The molecule has 5 nitrogen and oxygen atoms in total. The Morgan fingerprint density at radius 1 is 1.12 bits per heavy atom. The van der Waals surface area contributed by atoms with Gasteiger partial charge >= 0.3 is 0 Å². The van der Waals surface area contributed by atoms with Crippen LogP contribution in [0.5, 0.6) is 11.5 Å². The van der Waals surface area contributed by atoms with Gasteiger partial charge in [-0.3, -0.25) is 4.79 Å². The Morgan fingerprint density at radius 2 is 1.88 bits per heavy atom. The third-order valence-corrected chi connectivity index (χ3v) is 4.21. The van der Waals surface area contributed by atoms with Crippen molar-refractivity contribution in [2.24, 2.45) is 0 Å². The van der Waals surface area contributed by atoms with Gasteiger partial charge in [0.2, 0.25) is 5.91 Å². The first-order valence-electron chi connectivity index (χ1n) is 8.03. The smallest absolute Gasteiger partial charge is 0.231 e. The molecule has 0 atom stereocenters. The number of para-hydroxylation sites is 1. The Hall–Kier alpha value is -2.24. The van der Waals surface area contributed by atoms with Crippen LogP contribution in [-0.4, -0.2) is 33.2 Å². The third kappa shape index (κ3) is 4.24. The van der Waals surface area contributed by atoms with Crippen LogP contribution < -0.4 is 19.7 Å². The van der Waals surface area contributed by atoms with Crippen molar-refractivity contribution in [1.29, 1.82) is 0 Å². The highest BCUT2D eigenvalue weighted by Crippen LogP contribution is 2.28. The van der Waals surface area contributed by atoms with Gasteiger partial charge in [0.1, 0.15) is 0 Å². The number of fused-ring (bicyclic) bond motifs is 1. The van der Waals surface area contributed by atoms with Gasteiger partial charge in [0.15, 0.2) is 11.5 Å². The summed E-state index contributed by atoms with van der Waals surface area (Å²) in [6, 6.07) is 13.6. The predicted molar refractivity (Wildman–Crippen MR) is 101 cm³/mol. The topological polar surface area (TPSA) is 50.8 Å². The van der Waals surface area contributed by atoms with Crippen molar-refractivity contribution in [1.82, 2.24) is 5.32 Å². The van der Waals surface area contributed by atoms with Crippen molar-refractivity contribution in [2.75, 3.05) is 32.2 Å². The van der Waals surface area contributed by atoms with Crippen LogP contribution in [0.3, 0.4) is 0 Å². The number of anilines is 1. The Bertz CT molecular complexity index is 736. The molecule has 2 aromatic rings. The minimum Gasteiger partial charge on any atom is -0.493 e. The largest absolute Gasteiger partial charge is 0.493 e. The molecule has 1 N–H and O–H groups in total. The van der Waals surface area contributed by atoms with Crippen LogP contribution in [0.2, 0.25) is 0 Å². The van der Waals surface area contributed by atoms with Crippen LogP contribution in [-0.2, 0) is 17.8 Å². The lowest BCUT2D eigenvalue weighted by atomic mass is 10.1. The van der Waals surface area contributed by atoms with Gasteiger partial charge in [0.25, 0.3) is 0 Å². The summed E-state index contributed by atoms with van der Waals surface area (Å²) in [5.41, 5.74) is 3.05. The highest BCUT2D eigenvalue weighted by molar-refractivity contribution is 5.95. The van der Waals surface area contributed by atoms with Crippen LogP contribution in [0, 0.1) is 0 Å². The molecular formula is C19H23ClN2O3. The van der Waals surface area contributed by atoms with Gasteiger partial charge in [-0.25, -0.2) is 0 Å². The molecule has 0 aromatic heterocycles. The van der Waals surface area contributed by atoms with Crippen LogP contribution in [0.15, 0.2) is 42.5 Å². The van der Waals surface area contributed by atoms with Crippen molar-refractivity contribution in [3.8, 4) is 11.5 Å². The molecule has 6 heteroatoms. The Balaban J connectivity index is 0.00000225. The van der Waals surface area contributed by atoms with Gasteiger partial charge in [-0.05, 0) is 29.3 Å². The molecule has 0 bridgehead atoms. The number of benzene rings is 2. The Labute approximate surface area is 154 Å². The quantitative estimate of drug-likeness (QED) is 0.908. The van der Waals surface area contributed by atoms with E-state index in [0.717, 1.165) is 29.9 Å². The lowest BCUT2D eigenvalue weighted by Crippen LogP contribution is -2.35. The molecule has 0 saturated carbocycles. The zero-order valence-electron chi connectivity index (χ0n) is 14.5. The summed E-state index contributed by atoms with van der Waals surface area (Å²) in [7, 11) is 3.20. The molecule has 134 valence electrons. The number of halogens is 1. The van der Waals surface area contributed by atoms with E-state index >= 15 is 0 Å². The first-order valence-corrected chi connectivity index (χ1v) is 8.03. The van der Waals surface area contributed by atoms with Gasteiger partial charge < -0.3 is 19.7 Å². The number of methoxy groups -OCH3 is 2. The number of hydrogen-bond donors (Lipinski definition) is 1. The summed E-state index contributed by atoms with van der Waals surface area (Å²) >= 11 is 0. The number of rotatable bonds is 4. The summed E-state index contributed by atoms with van der Waals surface area (Å²) in [4.78, 5) is 14.7. The summed E-state index contributed by atoms with van der Waals surface area (Å²) in [5.74, 6) is 1.39. The summed E-state index contributed by atoms with van der Waals surface area (Å²) in [6.45, 7) is 2.24. The van der Waals surface area contributed by atoms with Gasteiger partial charge in [0, 0.05) is 25.3 Å². The molecule has 2 aromatic carbocycles. The second kappa shape index (κ2) is 8.74. The summed E-state index contributed by atoms with van der Waals surface area (Å²) in [5, 5.41) is 3.36.